The molecule has 0 bridgehead atoms. The third-order valence-electron chi connectivity index (χ3n) is 2.91. The van der Waals surface area contributed by atoms with Crippen molar-refractivity contribution >= 4 is 12.1 Å². The molecule has 18 heavy (non-hydrogen) atoms. The zero-order valence-electron chi connectivity index (χ0n) is 11.1. The molecule has 0 saturated heterocycles. The van der Waals surface area contributed by atoms with Crippen molar-refractivity contribution in [2.24, 2.45) is 17.3 Å². The van der Waals surface area contributed by atoms with Crippen LogP contribution < -0.4 is 0 Å². The summed E-state index contributed by atoms with van der Waals surface area (Å²) in [5, 5.41) is 9.31. The van der Waals surface area contributed by atoms with Gasteiger partial charge < -0.3 is 9.84 Å². The number of carbonyl (C=O) groups excluding carboxylic acids is 1. The standard InChI is InChI=1S/C13H19NO4/c1-13(2,3)10(11(15)16)9-5-7-14(8-6-9)12(17)18-4/h5-10H,1-4H3,(H,15,16). The highest BCUT2D eigenvalue weighted by Crippen LogP contribution is 2.35. The van der Waals surface area contributed by atoms with Crippen molar-refractivity contribution < 1.29 is 19.4 Å². The van der Waals surface area contributed by atoms with E-state index in [-0.39, 0.29) is 11.3 Å². The number of carboxylic acids is 1. The van der Waals surface area contributed by atoms with Gasteiger partial charge in [-0.3, -0.25) is 9.69 Å². The Balaban J connectivity index is 2.86. The SMILES string of the molecule is COC(=O)N1C=CC(C(C(=O)O)C(C)(C)C)C=C1. The molecule has 5 heteroatoms. The Morgan fingerprint density at radius 1 is 1.28 bits per heavy atom. The first kappa shape index (κ1) is 14.3. The molecule has 0 aromatic heterocycles. The van der Waals surface area contributed by atoms with Crippen molar-refractivity contribution in [2.45, 2.75) is 20.8 Å². The number of carbonyl (C=O) groups is 2. The number of hydrogen-bond acceptors (Lipinski definition) is 3. The lowest BCUT2D eigenvalue weighted by atomic mass is 9.72. The maximum atomic E-state index is 11.3. The predicted octanol–water partition coefficient (Wildman–Crippen LogP) is 2.46. The van der Waals surface area contributed by atoms with Gasteiger partial charge in [0, 0.05) is 18.3 Å². The molecule has 0 fully saturated rings. The number of rotatable bonds is 2. The van der Waals surface area contributed by atoms with Crippen LogP contribution in [0.3, 0.4) is 0 Å². The average Bonchev–Trinajstić information content (AvgIpc) is 2.26. The molecule has 1 aliphatic heterocycles. The molecule has 1 amide bonds. The van der Waals surface area contributed by atoms with Gasteiger partial charge in [0.1, 0.15) is 0 Å². The van der Waals surface area contributed by atoms with E-state index in [1.165, 1.54) is 24.4 Å². The molecular formula is C13H19NO4. The fourth-order valence-electron chi connectivity index (χ4n) is 2.06. The molecule has 0 aromatic rings. The van der Waals surface area contributed by atoms with E-state index in [2.05, 4.69) is 4.74 Å². The van der Waals surface area contributed by atoms with E-state index in [1.54, 1.807) is 12.2 Å². The van der Waals surface area contributed by atoms with Gasteiger partial charge in [-0.2, -0.15) is 0 Å². The Kier molecular flexibility index (Phi) is 4.16. The lowest BCUT2D eigenvalue weighted by Gasteiger charge is -2.32. The minimum Gasteiger partial charge on any atom is -0.481 e. The van der Waals surface area contributed by atoms with Crippen LogP contribution in [0.2, 0.25) is 0 Å². The molecule has 1 rings (SSSR count). The van der Waals surface area contributed by atoms with Gasteiger partial charge in [0.25, 0.3) is 0 Å². The second-order valence-corrected chi connectivity index (χ2v) is 5.32. The number of carboxylic acid groups (broad SMARTS) is 1. The lowest BCUT2D eigenvalue weighted by Crippen LogP contribution is -2.35. The molecule has 100 valence electrons. The summed E-state index contributed by atoms with van der Waals surface area (Å²) in [5.74, 6) is -1.61. The molecule has 0 radical (unpaired) electrons. The Labute approximate surface area is 107 Å². The predicted molar refractivity (Wildman–Crippen MR) is 66.6 cm³/mol. The first-order chi connectivity index (χ1) is 8.27. The van der Waals surface area contributed by atoms with Crippen LogP contribution in [0.5, 0.6) is 0 Å². The zero-order chi connectivity index (χ0) is 13.9. The summed E-state index contributed by atoms with van der Waals surface area (Å²) in [7, 11) is 1.30. The molecular weight excluding hydrogens is 234 g/mol. The highest BCUT2D eigenvalue weighted by Gasteiger charge is 2.36. The molecule has 0 saturated carbocycles. The van der Waals surface area contributed by atoms with Crippen molar-refractivity contribution in [3.63, 3.8) is 0 Å². The van der Waals surface area contributed by atoms with Crippen molar-refractivity contribution in [1.82, 2.24) is 4.90 Å². The third-order valence-corrected chi connectivity index (χ3v) is 2.91. The van der Waals surface area contributed by atoms with Gasteiger partial charge in [-0.15, -0.1) is 0 Å². The van der Waals surface area contributed by atoms with Crippen LogP contribution in [0.1, 0.15) is 20.8 Å². The summed E-state index contributed by atoms with van der Waals surface area (Å²) < 4.78 is 4.57. The van der Waals surface area contributed by atoms with Crippen LogP contribution in [-0.4, -0.2) is 29.2 Å². The van der Waals surface area contributed by atoms with Crippen LogP contribution >= 0.6 is 0 Å². The van der Waals surface area contributed by atoms with Crippen LogP contribution in [0.25, 0.3) is 0 Å². The molecule has 5 nitrogen and oxygen atoms in total. The molecule has 1 heterocycles. The molecule has 1 aliphatic rings. The van der Waals surface area contributed by atoms with E-state index in [0.717, 1.165) is 0 Å². The molecule has 1 atom stereocenters. The van der Waals surface area contributed by atoms with Gasteiger partial charge in [-0.05, 0) is 5.41 Å². The Morgan fingerprint density at radius 2 is 1.78 bits per heavy atom. The minimum atomic E-state index is -0.840. The maximum Gasteiger partial charge on any atom is 0.417 e. The normalized spacial score (nSPS) is 17.7. The Hall–Kier alpha value is -1.78. The quantitative estimate of drug-likeness (QED) is 0.820. The van der Waals surface area contributed by atoms with Crippen molar-refractivity contribution in [3.8, 4) is 0 Å². The van der Waals surface area contributed by atoms with Gasteiger partial charge in [-0.25, -0.2) is 4.79 Å². The van der Waals surface area contributed by atoms with Gasteiger partial charge in [0.15, 0.2) is 0 Å². The third kappa shape index (κ3) is 3.12. The summed E-state index contributed by atoms with van der Waals surface area (Å²) in [6, 6.07) is 0. The van der Waals surface area contributed by atoms with Crippen LogP contribution in [-0.2, 0) is 9.53 Å². The second-order valence-electron chi connectivity index (χ2n) is 5.32. The number of methoxy groups -OCH3 is 1. The highest BCUT2D eigenvalue weighted by atomic mass is 16.5. The molecule has 0 aromatic carbocycles. The fraction of sp³-hybridized carbons (Fsp3) is 0.538. The maximum absolute atomic E-state index is 11.3. The summed E-state index contributed by atoms with van der Waals surface area (Å²) in [6.07, 6.45) is 6.00. The zero-order valence-corrected chi connectivity index (χ0v) is 11.1. The number of hydrogen-bond donors (Lipinski definition) is 1. The average molecular weight is 253 g/mol. The number of ether oxygens (including phenoxy) is 1. The van der Waals surface area contributed by atoms with E-state index in [9.17, 15) is 14.7 Å². The van der Waals surface area contributed by atoms with Gasteiger partial charge in [-0.1, -0.05) is 32.9 Å². The highest BCUT2D eigenvalue weighted by molar-refractivity contribution is 5.73. The van der Waals surface area contributed by atoms with E-state index >= 15 is 0 Å². The Bertz CT molecular complexity index is 378. The van der Waals surface area contributed by atoms with Crippen molar-refractivity contribution in [3.05, 3.63) is 24.6 Å². The van der Waals surface area contributed by atoms with Crippen LogP contribution in [0.4, 0.5) is 4.79 Å². The van der Waals surface area contributed by atoms with E-state index in [0.29, 0.717) is 0 Å². The van der Waals surface area contributed by atoms with Crippen molar-refractivity contribution in [1.29, 1.82) is 0 Å². The van der Waals surface area contributed by atoms with E-state index in [4.69, 9.17) is 0 Å². The van der Waals surface area contributed by atoms with Gasteiger partial charge in [0.05, 0.1) is 13.0 Å². The number of allylic oxidation sites excluding steroid dienone is 2. The largest absolute Gasteiger partial charge is 0.481 e. The Morgan fingerprint density at radius 3 is 2.11 bits per heavy atom. The molecule has 0 spiro atoms. The molecule has 1 unspecified atom stereocenters. The number of amides is 1. The summed E-state index contributed by atoms with van der Waals surface area (Å²) in [6.45, 7) is 5.67. The lowest BCUT2D eigenvalue weighted by molar-refractivity contribution is -0.146. The van der Waals surface area contributed by atoms with Crippen LogP contribution in [0.15, 0.2) is 24.6 Å². The molecule has 1 N–H and O–H groups in total. The van der Waals surface area contributed by atoms with Crippen molar-refractivity contribution in [2.75, 3.05) is 7.11 Å². The van der Waals surface area contributed by atoms with Gasteiger partial charge >= 0.3 is 12.1 Å². The minimum absolute atomic E-state index is 0.233. The summed E-state index contributed by atoms with van der Waals surface area (Å²) in [5.41, 5.74) is -0.362. The number of aliphatic carboxylic acids is 1. The topological polar surface area (TPSA) is 66.8 Å². The fourth-order valence-corrected chi connectivity index (χ4v) is 2.06. The first-order valence-electron chi connectivity index (χ1n) is 5.73. The first-order valence-corrected chi connectivity index (χ1v) is 5.73. The van der Waals surface area contributed by atoms with E-state index < -0.39 is 18.0 Å². The smallest absolute Gasteiger partial charge is 0.417 e. The van der Waals surface area contributed by atoms with E-state index in [1.807, 2.05) is 20.8 Å². The van der Waals surface area contributed by atoms with Gasteiger partial charge in [0.2, 0.25) is 0 Å². The second kappa shape index (κ2) is 5.25. The molecule has 0 aliphatic carbocycles. The monoisotopic (exact) mass is 253 g/mol. The summed E-state index contributed by atoms with van der Waals surface area (Å²) in [4.78, 5) is 23.9. The number of nitrogens with zero attached hydrogens (tertiary/aromatic N) is 1. The van der Waals surface area contributed by atoms with Crippen LogP contribution in [0, 0.1) is 17.3 Å². The summed E-state index contributed by atoms with van der Waals surface area (Å²) >= 11 is 0.